The van der Waals surface area contributed by atoms with Crippen molar-refractivity contribution < 1.29 is 14.3 Å². The second kappa shape index (κ2) is 9.32. The van der Waals surface area contributed by atoms with Gasteiger partial charge in [-0.25, -0.2) is 14.6 Å². The molecular formula is C25H16Cl2N2O4. The molecule has 8 heteroatoms. The highest BCUT2D eigenvalue weighted by Crippen LogP contribution is 2.28. The largest absolute Gasteiger partial charge is 0.478 e. The van der Waals surface area contributed by atoms with Crippen molar-refractivity contribution in [1.29, 1.82) is 0 Å². The Balaban J connectivity index is 0.000000200. The van der Waals surface area contributed by atoms with Crippen molar-refractivity contribution in [2.45, 2.75) is 0 Å². The summed E-state index contributed by atoms with van der Waals surface area (Å²) in [6.45, 7) is 0. The summed E-state index contributed by atoms with van der Waals surface area (Å²) in [6, 6.07) is 22.9. The normalized spacial score (nSPS) is 10.6. The van der Waals surface area contributed by atoms with E-state index in [1.165, 1.54) is 18.2 Å². The van der Waals surface area contributed by atoms with Crippen LogP contribution in [0.4, 0.5) is 5.69 Å². The quantitative estimate of drug-likeness (QED) is 0.289. The van der Waals surface area contributed by atoms with E-state index in [4.69, 9.17) is 38.5 Å². The molecule has 0 fully saturated rings. The molecule has 0 aliphatic carbocycles. The fourth-order valence-corrected chi connectivity index (χ4v) is 3.65. The molecule has 4 aromatic carbocycles. The van der Waals surface area contributed by atoms with Crippen LogP contribution >= 0.6 is 23.2 Å². The van der Waals surface area contributed by atoms with Gasteiger partial charge in [0, 0.05) is 21.3 Å². The minimum atomic E-state index is -1.04. The zero-order valence-corrected chi connectivity index (χ0v) is 18.5. The topological polar surface area (TPSA) is 106 Å². The van der Waals surface area contributed by atoms with Crippen LogP contribution in [0.3, 0.4) is 0 Å². The van der Waals surface area contributed by atoms with E-state index in [1.807, 2.05) is 42.5 Å². The molecule has 0 aliphatic heterocycles. The Labute approximate surface area is 197 Å². The molecule has 0 spiro atoms. The Morgan fingerprint density at radius 3 is 2.33 bits per heavy atom. The van der Waals surface area contributed by atoms with Gasteiger partial charge in [0.05, 0.1) is 16.5 Å². The molecule has 164 valence electrons. The first-order valence-corrected chi connectivity index (χ1v) is 10.5. The smallest absolute Gasteiger partial charge is 0.347 e. The van der Waals surface area contributed by atoms with Gasteiger partial charge >= 0.3 is 11.6 Å². The van der Waals surface area contributed by atoms with Crippen molar-refractivity contribution in [1.82, 2.24) is 4.98 Å². The lowest BCUT2D eigenvalue weighted by molar-refractivity contribution is 0.0698. The molecule has 1 aromatic heterocycles. The predicted octanol–water partition coefficient (Wildman–Crippen LogP) is 6.28. The zero-order valence-electron chi connectivity index (χ0n) is 17.0. The van der Waals surface area contributed by atoms with Crippen molar-refractivity contribution in [2.75, 3.05) is 5.73 Å². The van der Waals surface area contributed by atoms with Crippen LogP contribution in [0.5, 0.6) is 0 Å². The van der Waals surface area contributed by atoms with Crippen LogP contribution in [0, 0.1) is 0 Å². The fraction of sp³-hybridized carbons (Fsp3) is 0. The van der Waals surface area contributed by atoms with Crippen LogP contribution in [0.2, 0.25) is 10.0 Å². The minimum absolute atomic E-state index is 0.0781. The van der Waals surface area contributed by atoms with Gasteiger partial charge in [-0.3, -0.25) is 0 Å². The summed E-state index contributed by atoms with van der Waals surface area (Å²) < 4.78 is 5.41. The Kier molecular flexibility index (Phi) is 6.31. The molecule has 0 atom stereocenters. The van der Waals surface area contributed by atoms with Crippen molar-refractivity contribution in [3.8, 4) is 11.5 Å². The average molecular weight is 479 g/mol. The number of hydrogen-bond donors (Lipinski definition) is 2. The Bertz CT molecular complexity index is 1560. The number of rotatable bonds is 2. The standard InChI is InChI=1S/C18H10ClNO2.C7H6ClNO2/c19-12-8-9-15-16(10-12)20-17(22-18(15)21)14-7-3-5-11-4-1-2-6-13(11)14;8-4-1-2-5(7(10)11)6(9)3-4/h1-10H;1-3H,9H2,(H,10,11). The maximum Gasteiger partial charge on any atom is 0.347 e. The van der Waals surface area contributed by atoms with E-state index in [0.717, 1.165) is 16.3 Å². The van der Waals surface area contributed by atoms with Gasteiger partial charge < -0.3 is 15.3 Å². The molecule has 0 unspecified atom stereocenters. The van der Waals surface area contributed by atoms with E-state index in [1.54, 1.807) is 18.2 Å². The molecule has 0 bridgehead atoms. The number of nitrogens with zero attached hydrogens (tertiary/aromatic N) is 1. The van der Waals surface area contributed by atoms with Crippen LogP contribution in [0.1, 0.15) is 10.4 Å². The lowest BCUT2D eigenvalue weighted by Crippen LogP contribution is -2.03. The Morgan fingerprint density at radius 2 is 1.58 bits per heavy atom. The second-order valence-electron chi connectivity index (χ2n) is 7.03. The van der Waals surface area contributed by atoms with Crippen LogP contribution in [-0.2, 0) is 0 Å². The third-order valence-electron chi connectivity index (χ3n) is 4.86. The number of carboxylic acid groups (broad SMARTS) is 1. The molecule has 5 aromatic rings. The van der Waals surface area contributed by atoms with E-state index in [2.05, 4.69) is 4.98 Å². The number of hydrogen-bond acceptors (Lipinski definition) is 5. The van der Waals surface area contributed by atoms with Crippen molar-refractivity contribution in [2.24, 2.45) is 0 Å². The van der Waals surface area contributed by atoms with Crippen molar-refractivity contribution >= 4 is 56.5 Å². The molecule has 3 N–H and O–H groups in total. The third kappa shape index (κ3) is 4.82. The third-order valence-corrected chi connectivity index (χ3v) is 5.33. The van der Waals surface area contributed by atoms with Gasteiger partial charge in [-0.15, -0.1) is 0 Å². The van der Waals surface area contributed by atoms with Crippen LogP contribution < -0.4 is 11.4 Å². The first kappa shape index (κ1) is 22.3. The molecule has 0 amide bonds. The number of halogens is 2. The number of carboxylic acids is 1. The van der Waals surface area contributed by atoms with E-state index in [9.17, 15) is 9.59 Å². The highest BCUT2D eigenvalue weighted by molar-refractivity contribution is 6.31. The summed E-state index contributed by atoms with van der Waals surface area (Å²) in [4.78, 5) is 27.0. The fourth-order valence-electron chi connectivity index (χ4n) is 3.30. The molecule has 0 saturated carbocycles. The predicted molar refractivity (Wildman–Crippen MR) is 131 cm³/mol. The maximum atomic E-state index is 12.2. The van der Waals surface area contributed by atoms with E-state index >= 15 is 0 Å². The molecule has 0 radical (unpaired) electrons. The first-order chi connectivity index (χ1) is 15.8. The number of benzene rings is 4. The summed E-state index contributed by atoms with van der Waals surface area (Å²) in [5.74, 6) is -0.740. The maximum absolute atomic E-state index is 12.2. The molecule has 6 nitrogen and oxygen atoms in total. The molecule has 33 heavy (non-hydrogen) atoms. The SMILES string of the molecule is Nc1cc(Cl)ccc1C(=O)O.O=c1oc(-c2cccc3ccccc23)nc2cc(Cl)ccc12. The number of aromatic nitrogens is 1. The summed E-state index contributed by atoms with van der Waals surface area (Å²) in [5, 5.41) is 12.0. The van der Waals surface area contributed by atoms with Gasteiger partial charge in [0.15, 0.2) is 0 Å². The second-order valence-corrected chi connectivity index (χ2v) is 7.90. The molecule has 0 saturated heterocycles. The number of nitrogen functional groups attached to an aromatic ring is 1. The van der Waals surface area contributed by atoms with Gasteiger partial charge in [-0.2, -0.15) is 0 Å². The molecule has 5 rings (SSSR count). The minimum Gasteiger partial charge on any atom is -0.478 e. The lowest BCUT2D eigenvalue weighted by Gasteiger charge is -2.05. The van der Waals surface area contributed by atoms with Gasteiger partial charge in [0.1, 0.15) is 0 Å². The monoisotopic (exact) mass is 478 g/mol. The van der Waals surface area contributed by atoms with Crippen LogP contribution in [0.15, 0.2) is 88.1 Å². The molecule has 1 heterocycles. The van der Waals surface area contributed by atoms with Crippen LogP contribution in [-0.4, -0.2) is 16.1 Å². The van der Waals surface area contributed by atoms with E-state index in [0.29, 0.717) is 26.8 Å². The summed E-state index contributed by atoms with van der Waals surface area (Å²) >= 11 is 11.5. The van der Waals surface area contributed by atoms with E-state index in [-0.39, 0.29) is 11.3 Å². The van der Waals surface area contributed by atoms with Crippen molar-refractivity contribution in [3.63, 3.8) is 0 Å². The van der Waals surface area contributed by atoms with Crippen molar-refractivity contribution in [3.05, 3.63) is 105 Å². The summed E-state index contributed by atoms with van der Waals surface area (Å²) in [6.07, 6.45) is 0. The highest BCUT2D eigenvalue weighted by atomic mass is 35.5. The molecular weight excluding hydrogens is 463 g/mol. The number of aromatic carboxylic acids is 1. The van der Waals surface area contributed by atoms with E-state index < -0.39 is 11.6 Å². The zero-order chi connectivity index (χ0) is 23.5. The number of anilines is 1. The highest BCUT2D eigenvalue weighted by Gasteiger charge is 2.11. The van der Waals surface area contributed by atoms with Gasteiger partial charge in [-0.05, 0) is 53.2 Å². The first-order valence-electron chi connectivity index (χ1n) is 9.70. The number of carbonyl (C=O) groups is 1. The summed E-state index contributed by atoms with van der Waals surface area (Å²) in [7, 11) is 0. The number of nitrogens with two attached hydrogens (primary N) is 1. The van der Waals surface area contributed by atoms with Crippen LogP contribution in [0.25, 0.3) is 33.1 Å². The van der Waals surface area contributed by atoms with Gasteiger partial charge in [-0.1, -0.05) is 59.6 Å². The lowest BCUT2D eigenvalue weighted by atomic mass is 10.0. The van der Waals surface area contributed by atoms with Gasteiger partial charge in [0.25, 0.3) is 0 Å². The Morgan fingerprint density at radius 1 is 0.879 bits per heavy atom. The Hall–Kier alpha value is -3.87. The molecule has 0 aliphatic rings. The van der Waals surface area contributed by atoms with Gasteiger partial charge in [0.2, 0.25) is 5.89 Å². The number of fused-ring (bicyclic) bond motifs is 2. The average Bonchev–Trinajstić information content (AvgIpc) is 2.78. The summed E-state index contributed by atoms with van der Waals surface area (Å²) in [5.41, 5.74) is 6.53.